The smallest absolute Gasteiger partial charge is 0.337 e. The first kappa shape index (κ1) is 23.3. The molecule has 0 saturated carbocycles. The van der Waals surface area contributed by atoms with Gasteiger partial charge < -0.3 is 14.5 Å². The fourth-order valence-electron chi connectivity index (χ4n) is 3.76. The number of rotatable bonds is 7. The third-order valence-electron chi connectivity index (χ3n) is 5.49. The monoisotopic (exact) mass is 499 g/mol. The molecule has 5 aromatic rings. The highest BCUT2D eigenvalue weighted by Crippen LogP contribution is 2.30. The number of para-hydroxylation sites is 1. The molecule has 0 atom stereocenters. The van der Waals surface area contributed by atoms with Crippen LogP contribution in [0.1, 0.15) is 16.2 Å². The van der Waals surface area contributed by atoms with Gasteiger partial charge in [0.05, 0.1) is 36.4 Å². The van der Waals surface area contributed by atoms with E-state index in [0.717, 1.165) is 11.3 Å². The van der Waals surface area contributed by atoms with E-state index < -0.39 is 5.97 Å². The van der Waals surface area contributed by atoms with E-state index in [1.807, 2.05) is 59.2 Å². The summed E-state index contributed by atoms with van der Waals surface area (Å²) in [6.07, 6.45) is 0. The first-order valence-electron chi connectivity index (χ1n) is 11.0. The Bertz CT molecular complexity index is 1610. The SMILES string of the molecule is COC(=O)c1ccc2c(=O)[nH]c(CSc3nnc(-c4cccc(OC)c4)n3-c3ccccc3)nc2c1. The van der Waals surface area contributed by atoms with E-state index in [2.05, 4.69) is 20.2 Å². The lowest BCUT2D eigenvalue weighted by atomic mass is 10.1. The second-order valence-corrected chi connectivity index (χ2v) is 8.68. The third-order valence-corrected chi connectivity index (χ3v) is 6.43. The predicted octanol–water partition coefficient (Wildman–Crippen LogP) is 4.26. The average molecular weight is 500 g/mol. The molecular formula is C26H21N5O4S. The van der Waals surface area contributed by atoms with E-state index in [9.17, 15) is 9.59 Å². The van der Waals surface area contributed by atoms with Crippen LogP contribution >= 0.6 is 11.8 Å². The zero-order valence-electron chi connectivity index (χ0n) is 19.5. The number of ether oxygens (including phenoxy) is 2. The lowest BCUT2D eigenvalue weighted by Crippen LogP contribution is -2.12. The molecule has 5 rings (SSSR count). The number of hydrogen-bond acceptors (Lipinski definition) is 8. The Kier molecular flexibility index (Phi) is 6.50. The van der Waals surface area contributed by atoms with Gasteiger partial charge in [0.1, 0.15) is 11.6 Å². The zero-order chi connectivity index (χ0) is 25.1. The quantitative estimate of drug-likeness (QED) is 0.261. The summed E-state index contributed by atoms with van der Waals surface area (Å²) in [5, 5.41) is 9.90. The molecule has 2 heterocycles. The number of nitrogens with one attached hydrogen (secondary N) is 1. The number of nitrogens with zero attached hydrogens (tertiary/aromatic N) is 4. The van der Waals surface area contributed by atoms with E-state index in [-0.39, 0.29) is 5.56 Å². The van der Waals surface area contributed by atoms with Gasteiger partial charge in [-0.05, 0) is 42.5 Å². The van der Waals surface area contributed by atoms with Gasteiger partial charge >= 0.3 is 5.97 Å². The number of methoxy groups -OCH3 is 2. The highest BCUT2D eigenvalue weighted by atomic mass is 32.2. The predicted molar refractivity (Wildman–Crippen MR) is 137 cm³/mol. The van der Waals surface area contributed by atoms with Gasteiger partial charge in [0.2, 0.25) is 0 Å². The lowest BCUT2D eigenvalue weighted by Gasteiger charge is -2.11. The molecule has 9 nitrogen and oxygen atoms in total. The Morgan fingerprint density at radius 2 is 1.83 bits per heavy atom. The Labute approximate surface area is 210 Å². The minimum atomic E-state index is -0.490. The summed E-state index contributed by atoms with van der Waals surface area (Å²) in [5.74, 6) is 1.66. The van der Waals surface area contributed by atoms with E-state index >= 15 is 0 Å². The van der Waals surface area contributed by atoms with Crippen molar-refractivity contribution in [2.75, 3.05) is 14.2 Å². The minimum Gasteiger partial charge on any atom is -0.497 e. The second-order valence-electron chi connectivity index (χ2n) is 7.73. The van der Waals surface area contributed by atoms with Gasteiger partial charge in [-0.25, -0.2) is 9.78 Å². The highest BCUT2D eigenvalue weighted by molar-refractivity contribution is 7.98. The highest BCUT2D eigenvalue weighted by Gasteiger charge is 2.18. The van der Waals surface area contributed by atoms with Gasteiger partial charge in [0, 0.05) is 11.3 Å². The van der Waals surface area contributed by atoms with Gasteiger partial charge in [-0.2, -0.15) is 0 Å². The standard InChI is InChI=1S/C26H21N5O4S/c1-34-19-10-6-7-16(13-19)23-29-30-26(31(23)18-8-4-3-5-9-18)36-15-22-27-21-14-17(25(33)35-2)11-12-20(21)24(32)28-22/h3-14H,15H2,1-2H3,(H,27,28,32). The van der Waals surface area contributed by atoms with Gasteiger partial charge in [-0.1, -0.05) is 42.1 Å². The zero-order valence-corrected chi connectivity index (χ0v) is 20.3. The molecule has 0 saturated heterocycles. The topological polar surface area (TPSA) is 112 Å². The first-order valence-corrected chi connectivity index (χ1v) is 12.0. The third kappa shape index (κ3) is 4.58. The maximum absolute atomic E-state index is 12.6. The Hall–Kier alpha value is -4.44. The molecule has 0 aliphatic carbocycles. The summed E-state index contributed by atoms with van der Waals surface area (Å²) >= 11 is 1.39. The number of fused-ring (bicyclic) bond motifs is 1. The Morgan fingerprint density at radius 3 is 2.61 bits per heavy atom. The number of aromatic nitrogens is 5. The van der Waals surface area contributed by atoms with E-state index in [4.69, 9.17) is 9.47 Å². The molecular weight excluding hydrogens is 478 g/mol. The first-order chi connectivity index (χ1) is 17.6. The number of benzene rings is 3. The van der Waals surface area contributed by atoms with Crippen LogP contribution < -0.4 is 10.3 Å². The van der Waals surface area contributed by atoms with E-state index in [0.29, 0.717) is 44.8 Å². The average Bonchev–Trinajstić information content (AvgIpc) is 3.35. The molecule has 0 bridgehead atoms. The molecule has 3 aromatic carbocycles. The van der Waals surface area contributed by atoms with Crippen molar-refractivity contribution < 1.29 is 14.3 Å². The molecule has 0 aliphatic heterocycles. The Balaban J connectivity index is 1.51. The van der Waals surface area contributed by atoms with Crippen molar-refractivity contribution in [1.82, 2.24) is 24.7 Å². The largest absolute Gasteiger partial charge is 0.497 e. The summed E-state index contributed by atoms with van der Waals surface area (Å²) in [6.45, 7) is 0. The van der Waals surface area contributed by atoms with Crippen LogP contribution in [0.2, 0.25) is 0 Å². The van der Waals surface area contributed by atoms with Crippen molar-refractivity contribution in [1.29, 1.82) is 0 Å². The molecule has 1 N–H and O–H groups in total. The van der Waals surface area contributed by atoms with Gasteiger partial charge in [-0.3, -0.25) is 9.36 Å². The fraction of sp³-hybridized carbons (Fsp3) is 0.115. The number of aromatic amines is 1. The molecule has 0 spiro atoms. The number of thioether (sulfide) groups is 1. The maximum Gasteiger partial charge on any atom is 0.337 e. The van der Waals surface area contributed by atoms with Crippen LogP contribution in [0.5, 0.6) is 5.75 Å². The fourth-order valence-corrected chi connectivity index (χ4v) is 4.58. The van der Waals surface area contributed by atoms with Crippen molar-refractivity contribution in [3.05, 3.63) is 94.5 Å². The number of H-pyrrole nitrogens is 1. The van der Waals surface area contributed by atoms with E-state index in [1.165, 1.54) is 18.9 Å². The summed E-state index contributed by atoms with van der Waals surface area (Å²) in [7, 11) is 2.93. The molecule has 0 unspecified atom stereocenters. The van der Waals surface area contributed by atoms with Crippen LogP contribution in [0.3, 0.4) is 0 Å². The van der Waals surface area contributed by atoms with Crippen molar-refractivity contribution in [3.63, 3.8) is 0 Å². The lowest BCUT2D eigenvalue weighted by molar-refractivity contribution is 0.0601. The van der Waals surface area contributed by atoms with Crippen LogP contribution in [0.25, 0.3) is 28.0 Å². The molecule has 0 fully saturated rings. The molecule has 0 aliphatic rings. The molecule has 10 heteroatoms. The van der Waals surface area contributed by atoms with Crippen LogP contribution in [0.15, 0.2) is 82.7 Å². The Morgan fingerprint density at radius 1 is 1.00 bits per heavy atom. The van der Waals surface area contributed by atoms with Crippen LogP contribution in [-0.4, -0.2) is 44.9 Å². The van der Waals surface area contributed by atoms with Crippen molar-refractivity contribution in [2.24, 2.45) is 0 Å². The molecule has 36 heavy (non-hydrogen) atoms. The van der Waals surface area contributed by atoms with Crippen molar-refractivity contribution >= 4 is 28.6 Å². The normalized spacial score (nSPS) is 10.9. The molecule has 180 valence electrons. The van der Waals surface area contributed by atoms with Gasteiger partial charge in [-0.15, -0.1) is 10.2 Å². The van der Waals surface area contributed by atoms with Gasteiger partial charge in [0.25, 0.3) is 5.56 Å². The molecule has 2 aromatic heterocycles. The van der Waals surface area contributed by atoms with Crippen LogP contribution in [0.4, 0.5) is 0 Å². The minimum absolute atomic E-state index is 0.284. The van der Waals surface area contributed by atoms with E-state index in [1.54, 1.807) is 25.3 Å². The number of esters is 1. The maximum atomic E-state index is 12.6. The van der Waals surface area contributed by atoms with Crippen LogP contribution in [-0.2, 0) is 10.5 Å². The second kappa shape index (κ2) is 10.0. The summed E-state index contributed by atoms with van der Waals surface area (Å²) in [6, 6.07) is 22.1. The number of carbonyl (C=O) groups is 1. The molecule has 0 radical (unpaired) electrons. The van der Waals surface area contributed by atoms with Crippen LogP contribution in [0, 0.1) is 0 Å². The van der Waals surface area contributed by atoms with Gasteiger partial charge in [0.15, 0.2) is 11.0 Å². The molecule has 0 amide bonds. The summed E-state index contributed by atoms with van der Waals surface area (Å²) in [5.41, 5.74) is 2.21. The number of hydrogen-bond donors (Lipinski definition) is 1. The van der Waals surface area contributed by atoms with Crippen molar-refractivity contribution in [3.8, 4) is 22.8 Å². The summed E-state index contributed by atoms with van der Waals surface area (Å²) in [4.78, 5) is 31.9. The van der Waals surface area contributed by atoms with Crippen molar-refractivity contribution in [2.45, 2.75) is 10.9 Å². The summed E-state index contributed by atoms with van der Waals surface area (Å²) < 4.78 is 12.1. The number of carbonyl (C=O) groups excluding carboxylic acids is 1.